The van der Waals surface area contributed by atoms with Crippen LogP contribution in [-0.4, -0.2) is 53.6 Å². The molecule has 11 heteroatoms. The van der Waals surface area contributed by atoms with E-state index >= 15 is 0 Å². The zero-order chi connectivity index (χ0) is 21.3. The van der Waals surface area contributed by atoms with Crippen molar-refractivity contribution >= 4 is 18.0 Å². The summed E-state index contributed by atoms with van der Waals surface area (Å²) in [6, 6.07) is -1.19. The molecule has 0 bridgehead atoms. The smallest absolute Gasteiger partial charge is 0.408 e. The average Bonchev–Trinajstić information content (AvgIpc) is 2.43. The van der Waals surface area contributed by atoms with Crippen LogP contribution in [0.15, 0.2) is 0 Å². The summed E-state index contributed by atoms with van der Waals surface area (Å²) in [5.74, 6) is -1.43. The Kier molecular flexibility index (Phi) is 9.52. The number of carbonyl (C=O) groups is 3. The first-order valence-electron chi connectivity index (χ1n) is 8.35. The van der Waals surface area contributed by atoms with E-state index in [-0.39, 0.29) is 12.8 Å². The molecule has 1 N–H and O–H groups in total. The molecule has 0 aromatic rings. The Morgan fingerprint density at radius 2 is 1.56 bits per heavy atom. The minimum atomic E-state index is -1.19. The van der Waals surface area contributed by atoms with E-state index in [4.69, 9.17) is 14.2 Å². The van der Waals surface area contributed by atoms with Gasteiger partial charge in [-0.1, -0.05) is 0 Å². The highest BCUT2D eigenvalue weighted by Gasteiger charge is 2.27. The quantitative estimate of drug-likeness (QED) is 0.204. The molecule has 0 heterocycles. The zero-order valence-corrected chi connectivity index (χ0v) is 16.5. The molecular weight excluding hydrogens is 364 g/mol. The van der Waals surface area contributed by atoms with E-state index in [1.165, 1.54) is 0 Å². The largest absolute Gasteiger partial charge is 0.462 e. The molecule has 0 saturated carbocycles. The number of rotatable bonds is 9. The van der Waals surface area contributed by atoms with Crippen molar-refractivity contribution in [1.82, 2.24) is 5.32 Å². The lowest BCUT2D eigenvalue weighted by molar-refractivity contribution is -0.757. The van der Waals surface area contributed by atoms with Gasteiger partial charge in [0.25, 0.3) is 5.09 Å². The molecule has 0 radical (unpaired) electrons. The fourth-order valence-electron chi connectivity index (χ4n) is 1.71. The first-order valence-corrected chi connectivity index (χ1v) is 8.35. The molecule has 11 nitrogen and oxygen atoms in total. The Hall–Kier alpha value is -2.59. The van der Waals surface area contributed by atoms with Crippen molar-refractivity contribution in [3.63, 3.8) is 0 Å². The van der Waals surface area contributed by atoms with E-state index in [9.17, 15) is 24.5 Å². The van der Waals surface area contributed by atoms with Crippen LogP contribution in [0.4, 0.5) is 4.79 Å². The van der Waals surface area contributed by atoms with Gasteiger partial charge in [0, 0.05) is 6.42 Å². The maximum Gasteiger partial charge on any atom is 0.408 e. The minimum Gasteiger partial charge on any atom is -0.462 e. The lowest BCUT2D eigenvalue weighted by Gasteiger charge is -2.23. The van der Waals surface area contributed by atoms with Gasteiger partial charge in [-0.15, -0.1) is 10.1 Å². The molecule has 1 amide bonds. The third kappa shape index (κ3) is 14.3. The Bertz CT molecular complexity index is 535. The maximum atomic E-state index is 12.1. The average molecular weight is 392 g/mol. The molecule has 0 aliphatic carbocycles. The van der Waals surface area contributed by atoms with Gasteiger partial charge in [-0.25, -0.2) is 9.59 Å². The Morgan fingerprint density at radius 3 is 2.04 bits per heavy atom. The number of alkyl carbamates (subject to hydrolysis) is 1. The lowest BCUT2D eigenvalue weighted by atomic mass is 10.1. The number of nitrogens with zero attached hydrogens (tertiary/aromatic N) is 1. The number of carbonyl (C=O) groups excluding carboxylic acids is 3. The van der Waals surface area contributed by atoms with Crippen LogP contribution in [0.25, 0.3) is 0 Å². The minimum absolute atomic E-state index is 0.0942. The summed E-state index contributed by atoms with van der Waals surface area (Å²) in [7, 11) is 0. The fraction of sp³-hybridized carbons (Fsp3) is 0.812. The van der Waals surface area contributed by atoms with E-state index in [1.54, 1.807) is 41.5 Å². The van der Waals surface area contributed by atoms with Crippen LogP contribution in [0.3, 0.4) is 0 Å². The summed E-state index contributed by atoms with van der Waals surface area (Å²) in [4.78, 5) is 49.9. The van der Waals surface area contributed by atoms with Crippen LogP contribution >= 0.6 is 0 Å². The van der Waals surface area contributed by atoms with Gasteiger partial charge in [0.05, 0.1) is 0 Å². The molecule has 0 aliphatic heterocycles. The van der Waals surface area contributed by atoms with E-state index in [1.807, 2.05) is 0 Å². The summed E-state index contributed by atoms with van der Waals surface area (Å²) in [5, 5.41) is 11.4. The molecule has 0 saturated heterocycles. The first-order chi connectivity index (χ1) is 12.2. The van der Waals surface area contributed by atoms with Crippen molar-refractivity contribution < 1.29 is 38.5 Å². The molecule has 0 spiro atoms. The summed E-state index contributed by atoms with van der Waals surface area (Å²) in [5.41, 5.74) is -1.48. The van der Waals surface area contributed by atoms with Gasteiger partial charge in [-0.05, 0) is 48.0 Å². The van der Waals surface area contributed by atoms with E-state index in [2.05, 4.69) is 10.2 Å². The van der Waals surface area contributed by atoms with Crippen LogP contribution in [0.2, 0.25) is 0 Å². The molecule has 0 aromatic carbocycles. The van der Waals surface area contributed by atoms with Crippen LogP contribution in [-0.2, 0) is 28.6 Å². The van der Waals surface area contributed by atoms with Crippen molar-refractivity contribution in [2.45, 2.75) is 71.6 Å². The standard InChI is InChI=1S/C16H28N2O9/c1-15(2,3)26-12(19)8-7-11(17-14(21)27-16(4,5)6)13(20)24-9-10-25-18(22)23/h11H,7-10H2,1-6H3,(H,17,21)/t11-/m0/s1. The monoisotopic (exact) mass is 392 g/mol. The normalized spacial score (nSPS) is 12.5. The topological polar surface area (TPSA) is 143 Å². The van der Waals surface area contributed by atoms with E-state index in [0.29, 0.717) is 0 Å². The third-order valence-corrected chi connectivity index (χ3v) is 2.56. The summed E-state index contributed by atoms with van der Waals surface area (Å²) >= 11 is 0. The van der Waals surface area contributed by atoms with Gasteiger partial charge in [0.15, 0.2) is 0 Å². The predicted molar refractivity (Wildman–Crippen MR) is 92.1 cm³/mol. The number of amides is 1. The summed E-state index contributed by atoms with van der Waals surface area (Å²) in [6.07, 6.45) is -1.11. The van der Waals surface area contributed by atoms with E-state index < -0.39 is 53.6 Å². The van der Waals surface area contributed by atoms with Gasteiger partial charge >= 0.3 is 18.0 Å². The highest BCUT2D eigenvalue weighted by Crippen LogP contribution is 2.12. The number of hydrogen-bond acceptors (Lipinski definition) is 9. The van der Waals surface area contributed by atoms with Gasteiger partial charge in [0.1, 0.15) is 30.5 Å². The number of hydrogen-bond donors (Lipinski definition) is 1. The lowest BCUT2D eigenvalue weighted by Crippen LogP contribution is -2.45. The van der Waals surface area contributed by atoms with Gasteiger partial charge in [0.2, 0.25) is 0 Å². The highest BCUT2D eigenvalue weighted by molar-refractivity contribution is 5.82. The van der Waals surface area contributed by atoms with Crippen LogP contribution in [0.5, 0.6) is 0 Å². The van der Waals surface area contributed by atoms with Crippen LogP contribution < -0.4 is 5.32 Å². The van der Waals surface area contributed by atoms with Gasteiger partial charge < -0.3 is 24.4 Å². The molecule has 0 aliphatic rings. The Labute approximate surface area is 157 Å². The van der Waals surface area contributed by atoms with Crippen LogP contribution in [0, 0.1) is 10.1 Å². The third-order valence-electron chi connectivity index (χ3n) is 2.56. The second-order valence-electron chi connectivity index (χ2n) is 7.55. The highest BCUT2D eigenvalue weighted by atomic mass is 17.0. The van der Waals surface area contributed by atoms with Crippen molar-refractivity contribution in [3.8, 4) is 0 Å². The molecule has 156 valence electrons. The molecule has 0 aromatic heterocycles. The molecule has 0 rings (SSSR count). The van der Waals surface area contributed by atoms with Crippen molar-refractivity contribution in [2.75, 3.05) is 13.2 Å². The first kappa shape index (κ1) is 24.4. The zero-order valence-electron chi connectivity index (χ0n) is 16.5. The SMILES string of the molecule is CC(C)(C)OC(=O)CC[C@H](NC(=O)OC(C)(C)C)C(=O)OCCO[N+](=O)[O-]. The number of esters is 2. The number of ether oxygens (including phenoxy) is 3. The molecule has 0 unspecified atom stereocenters. The van der Waals surface area contributed by atoms with Crippen molar-refractivity contribution in [1.29, 1.82) is 0 Å². The summed E-state index contributed by atoms with van der Waals surface area (Å²) in [6.45, 7) is 9.20. The van der Waals surface area contributed by atoms with E-state index in [0.717, 1.165) is 0 Å². The Morgan fingerprint density at radius 1 is 1.00 bits per heavy atom. The number of nitrogens with one attached hydrogen (secondary N) is 1. The van der Waals surface area contributed by atoms with Crippen molar-refractivity contribution in [3.05, 3.63) is 10.1 Å². The molecule has 0 fully saturated rings. The molecular formula is C16H28N2O9. The fourth-order valence-corrected chi connectivity index (χ4v) is 1.71. The Balaban J connectivity index is 4.78. The molecule has 1 atom stereocenters. The second kappa shape index (κ2) is 10.5. The van der Waals surface area contributed by atoms with Gasteiger partial charge in [-0.3, -0.25) is 4.79 Å². The summed E-state index contributed by atoms with van der Waals surface area (Å²) < 4.78 is 15.1. The predicted octanol–water partition coefficient (Wildman–Crippen LogP) is 1.75. The van der Waals surface area contributed by atoms with Crippen molar-refractivity contribution in [2.24, 2.45) is 0 Å². The van der Waals surface area contributed by atoms with Crippen LogP contribution in [0.1, 0.15) is 54.4 Å². The molecule has 27 heavy (non-hydrogen) atoms. The second-order valence-corrected chi connectivity index (χ2v) is 7.55. The maximum absolute atomic E-state index is 12.1. The van der Waals surface area contributed by atoms with Gasteiger partial charge in [-0.2, -0.15) is 0 Å².